The predicted octanol–water partition coefficient (Wildman–Crippen LogP) is 4.64. The van der Waals surface area contributed by atoms with Crippen molar-refractivity contribution in [2.24, 2.45) is 0 Å². The summed E-state index contributed by atoms with van der Waals surface area (Å²) in [5.74, 6) is -1.95. The van der Waals surface area contributed by atoms with E-state index in [-0.39, 0.29) is 11.2 Å². The Bertz CT molecular complexity index is 1300. The molecule has 180 valence electrons. The number of sulfone groups is 1. The number of hydrogen-bond donors (Lipinski definition) is 1. The molecule has 2 aliphatic heterocycles. The molecule has 0 radical (unpaired) electrons. The van der Waals surface area contributed by atoms with Crippen molar-refractivity contribution in [2.45, 2.75) is 35.7 Å². The minimum Gasteiger partial charge on any atom is -0.475 e. The average Bonchev–Trinajstić information content (AvgIpc) is 3.47. The van der Waals surface area contributed by atoms with Crippen molar-refractivity contribution in [2.75, 3.05) is 13.1 Å². The van der Waals surface area contributed by atoms with E-state index < -0.39 is 22.0 Å². The van der Waals surface area contributed by atoms with Crippen LogP contribution in [0.2, 0.25) is 0 Å². The minimum atomic E-state index is -5.08. The molecule has 0 bridgehead atoms. The van der Waals surface area contributed by atoms with Gasteiger partial charge in [0.15, 0.2) is 9.84 Å². The summed E-state index contributed by atoms with van der Waals surface area (Å²) in [6.45, 7) is 4.23. The third-order valence-corrected chi connectivity index (χ3v) is 8.25. The van der Waals surface area contributed by atoms with Crippen LogP contribution in [0.25, 0.3) is 11.3 Å². The first-order chi connectivity index (χ1) is 16.0. The smallest absolute Gasteiger partial charge is 0.475 e. The highest BCUT2D eigenvalue weighted by atomic mass is 32.2. The molecule has 3 heterocycles. The lowest BCUT2D eigenvalue weighted by Crippen LogP contribution is -2.25. The van der Waals surface area contributed by atoms with Crippen molar-refractivity contribution >= 4 is 15.8 Å². The van der Waals surface area contributed by atoms with E-state index in [0.29, 0.717) is 11.4 Å². The summed E-state index contributed by atoms with van der Waals surface area (Å²) in [4.78, 5) is 11.7. The highest BCUT2D eigenvalue weighted by molar-refractivity contribution is 7.92. The molecule has 0 amide bonds. The third-order valence-electron chi connectivity index (χ3n) is 5.99. The summed E-state index contributed by atoms with van der Waals surface area (Å²) in [7, 11) is -3.27. The Hall–Kier alpha value is -3.11. The third kappa shape index (κ3) is 4.74. The van der Waals surface area contributed by atoms with Crippen LogP contribution in [0.15, 0.2) is 70.2 Å². The highest BCUT2D eigenvalue weighted by Gasteiger charge is 2.50. The molecule has 34 heavy (non-hydrogen) atoms. The molecule has 5 rings (SSSR count). The normalized spacial score (nSPS) is 20.8. The largest absolute Gasteiger partial charge is 0.490 e. The first kappa shape index (κ1) is 24.0. The molecule has 2 unspecified atom stereocenters. The molecule has 0 aliphatic carbocycles. The number of furan rings is 1. The number of fused-ring (bicyclic) bond motifs is 3. The minimum absolute atomic E-state index is 0.0321. The first-order valence-electron chi connectivity index (χ1n) is 10.5. The summed E-state index contributed by atoms with van der Waals surface area (Å²) >= 11 is 0. The standard InChI is InChI=1S/C22H21NO3S.C2HF3O2/c1-15-4-2-5-16(10-15)12-23-13-19-18-11-17(20-6-3-9-26-20)7-8-21(18)27(24,25)22(19)14-23;3-2(4,5)1(6)7/h2-11,19,22H,12-14H2,1H3;(H,6,7). The van der Waals surface area contributed by atoms with Crippen molar-refractivity contribution in [3.8, 4) is 11.3 Å². The number of halogens is 3. The SMILES string of the molecule is Cc1cccc(CN2CC3c4cc(-c5ccco5)ccc4S(=O)(=O)C3C2)c1.O=C(O)C(F)(F)F. The second-order valence-corrected chi connectivity index (χ2v) is 10.5. The van der Waals surface area contributed by atoms with Gasteiger partial charge in [-0.1, -0.05) is 29.8 Å². The van der Waals surface area contributed by atoms with Crippen LogP contribution in [0.1, 0.15) is 22.6 Å². The molecule has 10 heteroatoms. The van der Waals surface area contributed by atoms with Crippen molar-refractivity contribution in [1.29, 1.82) is 0 Å². The topological polar surface area (TPSA) is 87.8 Å². The molecule has 1 N–H and O–H groups in total. The number of rotatable bonds is 3. The predicted molar refractivity (Wildman–Crippen MR) is 118 cm³/mol. The number of nitrogens with zero attached hydrogens (tertiary/aromatic N) is 1. The number of alkyl halides is 3. The van der Waals surface area contributed by atoms with Gasteiger partial charge in [-0.2, -0.15) is 13.2 Å². The van der Waals surface area contributed by atoms with Crippen LogP contribution in [-0.4, -0.2) is 48.9 Å². The average molecular weight is 494 g/mol. The maximum absolute atomic E-state index is 13.1. The van der Waals surface area contributed by atoms with Crippen molar-refractivity contribution in [1.82, 2.24) is 4.90 Å². The lowest BCUT2D eigenvalue weighted by atomic mass is 9.96. The fraction of sp³-hybridized carbons (Fsp3) is 0.292. The molecular formula is C24H22F3NO5S. The Kier molecular flexibility index (Phi) is 6.30. The number of carbonyl (C=O) groups is 1. The molecule has 2 aliphatic rings. The van der Waals surface area contributed by atoms with Crippen LogP contribution in [0, 0.1) is 6.92 Å². The van der Waals surface area contributed by atoms with Gasteiger partial charge in [0.05, 0.1) is 16.4 Å². The zero-order valence-electron chi connectivity index (χ0n) is 18.1. The number of benzene rings is 2. The van der Waals surface area contributed by atoms with E-state index in [0.717, 1.165) is 30.0 Å². The molecule has 3 aromatic rings. The second kappa shape index (κ2) is 8.92. The van der Waals surface area contributed by atoms with Gasteiger partial charge in [-0.25, -0.2) is 13.2 Å². The van der Waals surface area contributed by atoms with E-state index in [2.05, 4.69) is 36.1 Å². The van der Waals surface area contributed by atoms with E-state index in [1.807, 2.05) is 24.3 Å². The maximum Gasteiger partial charge on any atom is 0.490 e. The molecule has 2 aromatic carbocycles. The van der Waals surface area contributed by atoms with Crippen LogP contribution in [-0.2, 0) is 21.2 Å². The highest BCUT2D eigenvalue weighted by Crippen LogP contribution is 2.46. The summed E-state index contributed by atoms with van der Waals surface area (Å²) in [5, 5.41) is 6.78. The molecule has 1 saturated heterocycles. The zero-order chi connectivity index (χ0) is 24.7. The van der Waals surface area contributed by atoms with Gasteiger partial charge < -0.3 is 9.52 Å². The fourth-order valence-corrected chi connectivity index (χ4v) is 6.71. The van der Waals surface area contributed by atoms with Crippen LogP contribution in [0.5, 0.6) is 0 Å². The van der Waals surface area contributed by atoms with Crippen LogP contribution < -0.4 is 0 Å². The summed E-state index contributed by atoms with van der Waals surface area (Å²) < 4.78 is 63.4. The number of carboxylic acid groups (broad SMARTS) is 1. The number of hydrogen-bond acceptors (Lipinski definition) is 5. The Balaban J connectivity index is 0.000000344. The van der Waals surface area contributed by atoms with Crippen LogP contribution >= 0.6 is 0 Å². The molecule has 1 fully saturated rings. The summed E-state index contributed by atoms with van der Waals surface area (Å²) in [6, 6.07) is 17.8. The van der Waals surface area contributed by atoms with E-state index in [1.54, 1.807) is 12.3 Å². The summed E-state index contributed by atoms with van der Waals surface area (Å²) in [5.41, 5.74) is 4.34. The van der Waals surface area contributed by atoms with E-state index in [4.69, 9.17) is 14.3 Å². The quantitative estimate of drug-likeness (QED) is 0.572. The fourth-order valence-electron chi connectivity index (χ4n) is 4.52. The van der Waals surface area contributed by atoms with Crippen LogP contribution in [0.3, 0.4) is 0 Å². The van der Waals surface area contributed by atoms with E-state index in [1.165, 1.54) is 11.1 Å². The van der Waals surface area contributed by atoms with Crippen molar-refractivity contribution in [3.63, 3.8) is 0 Å². The van der Waals surface area contributed by atoms with Crippen molar-refractivity contribution < 1.29 is 35.9 Å². The van der Waals surface area contributed by atoms with Crippen molar-refractivity contribution in [3.05, 3.63) is 77.6 Å². The van der Waals surface area contributed by atoms with Gasteiger partial charge >= 0.3 is 12.1 Å². The second-order valence-electron chi connectivity index (χ2n) is 8.41. The number of likely N-dealkylation sites (tertiary alicyclic amines) is 1. The van der Waals surface area contributed by atoms with Gasteiger partial charge in [-0.3, -0.25) is 4.90 Å². The van der Waals surface area contributed by atoms with Gasteiger partial charge in [0.1, 0.15) is 5.76 Å². The lowest BCUT2D eigenvalue weighted by molar-refractivity contribution is -0.192. The van der Waals surface area contributed by atoms with Gasteiger partial charge in [0, 0.05) is 31.1 Å². The Morgan fingerprint density at radius 1 is 1.12 bits per heavy atom. The van der Waals surface area contributed by atoms with E-state index in [9.17, 15) is 21.6 Å². The van der Waals surface area contributed by atoms with Crippen LogP contribution in [0.4, 0.5) is 13.2 Å². The molecule has 1 aromatic heterocycles. The Morgan fingerprint density at radius 3 is 2.47 bits per heavy atom. The van der Waals surface area contributed by atoms with E-state index >= 15 is 0 Å². The van der Waals surface area contributed by atoms with Gasteiger partial charge in [0.25, 0.3) is 0 Å². The molecule has 2 atom stereocenters. The number of aliphatic carboxylic acids is 1. The first-order valence-corrected chi connectivity index (χ1v) is 12.0. The van der Waals surface area contributed by atoms with Gasteiger partial charge in [0.2, 0.25) is 0 Å². The summed E-state index contributed by atoms with van der Waals surface area (Å²) in [6.07, 6.45) is -3.44. The number of aryl methyl sites for hydroxylation is 1. The lowest BCUT2D eigenvalue weighted by Gasteiger charge is -2.17. The maximum atomic E-state index is 13.1. The number of carboxylic acids is 1. The molecule has 0 saturated carbocycles. The monoisotopic (exact) mass is 493 g/mol. The molecule has 6 nitrogen and oxygen atoms in total. The zero-order valence-corrected chi connectivity index (χ0v) is 18.9. The van der Waals surface area contributed by atoms with Gasteiger partial charge in [-0.15, -0.1) is 0 Å². The molecular weight excluding hydrogens is 471 g/mol. The molecule has 0 spiro atoms. The Morgan fingerprint density at radius 2 is 1.85 bits per heavy atom. The Labute approximate surface area is 194 Å². The van der Waals surface area contributed by atoms with Gasteiger partial charge in [-0.05, 0) is 48.4 Å².